The maximum atomic E-state index is 12.9. The summed E-state index contributed by atoms with van der Waals surface area (Å²) in [6.45, 7) is 11.7. The Kier molecular flexibility index (Phi) is 5.61. The summed E-state index contributed by atoms with van der Waals surface area (Å²) in [7, 11) is 0. The number of rotatable bonds is 6. The van der Waals surface area contributed by atoms with Crippen LogP contribution in [-0.2, 0) is 16.1 Å². The number of hydrogen-bond donors (Lipinski definition) is 1. The minimum absolute atomic E-state index is 0.0312. The number of fused-ring (bicyclic) bond motifs is 1. The molecular formula is C22H29N3O4. The molecule has 3 aliphatic heterocycles. The number of likely N-dealkylation sites (N-methyl/N-ethyl adjacent to an activating group) is 1. The van der Waals surface area contributed by atoms with Crippen LogP contribution in [0.25, 0.3) is 0 Å². The van der Waals surface area contributed by atoms with Crippen molar-refractivity contribution in [3.05, 3.63) is 41.6 Å². The van der Waals surface area contributed by atoms with Crippen molar-refractivity contribution in [2.24, 2.45) is 0 Å². The highest BCUT2D eigenvalue weighted by Crippen LogP contribution is 2.31. The van der Waals surface area contributed by atoms with E-state index in [0.717, 1.165) is 24.4 Å². The second kappa shape index (κ2) is 8.16. The van der Waals surface area contributed by atoms with Crippen LogP contribution >= 0.6 is 0 Å². The third kappa shape index (κ3) is 3.76. The zero-order valence-corrected chi connectivity index (χ0v) is 17.1. The van der Waals surface area contributed by atoms with Gasteiger partial charge in [-0.1, -0.05) is 20.4 Å². The number of nitrogens with zero attached hydrogens (tertiary/aromatic N) is 2. The second-order valence-electron chi connectivity index (χ2n) is 7.88. The average molecular weight is 399 g/mol. The number of amides is 2. The molecule has 1 aromatic rings. The summed E-state index contributed by atoms with van der Waals surface area (Å²) in [6.07, 6.45) is 1.27. The smallest absolute Gasteiger partial charge is 0.255 e. The first-order valence-electron chi connectivity index (χ1n) is 10.4. The van der Waals surface area contributed by atoms with E-state index in [-0.39, 0.29) is 24.0 Å². The van der Waals surface area contributed by atoms with Crippen molar-refractivity contribution in [1.82, 2.24) is 15.1 Å². The van der Waals surface area contributed by atoms with Gasteiger partial charge in [-0.05, 0) is 49.7 Å². The van der Waals surface area contributed by atoms with Gasteiger partial charge in [0.05, 0.1) is 19.3 Å². The molecule has 3 heterocycles. The Morgan fingerprint density at radius 1 is 1.28 bits per heavy atom. The Morgan fingerprint density at radius 2 is 2.07 bits per heavy atom. The summed E-state index contributed by atoms with van der Waals surface area (Å²) in [4.78, 5) is 29.2. The lowest BCUT2D eigenvalue weighted by Gasteiger charge is -2.30. The van der Waals surface area contributed by atoms with Crippen LogP contribution in [0.15, 0.2) is 30.5 Å². The summed E-state index contributed by atoms with van der Waals surface area (Å²) in [5.41, 5.74) is 2.27. The van der Waals surface area contributed by atoms with Gasteiger partial charge in [0.1, 0.15) is 17.9 Å². The fourth-order valence-electron chi connectivity index (χ4n) is 4.55. The first kappa shape index (κ1) is 19.9. The molecule has 2 amide bonds. The van der Waals surface area contributed by atoms with Crippen molar-refractivity contribution in [2.45, 2.75) is 51.4 Å². The third-order valence-electron chi connectivity index (χ3n) is 6.18. The van der Waals surface area contributed by atoms with Crippen LogP contribution in [0.4, 0.5) is 0 Å². The molecule has 0 radical (unpaired) electrons. The maximum absolute atomic E-state index is 12.9. The average Bonchev–Trinajstić information content (AvgIpc) is 3.28. The fourth-order valence-corrected chi connectivity index (χ4v) is 4.55. The lowest BCUT2D eigenvalue weighted by Crippen LogP contribution is -2.49. The summed E-state index contributed by atoms with van der Waals surface area (Å²) in [6, 6.07) is 5.38. The Balaban J connectivity index is 1.48. The lowest BCUT2D eigenvalue weighted by atomic mass is 10.0. The van der Waals surface area contributed by atoms with Crippen LogP contribution < -0.4 is 10.1 Å². The molecular weight excluding hydrogens is 370 g/mol. The molecule has 3 aliphatic rings. The number of allylic oxidation sites excluding steroid dienone is 1. The van der Waals surface area contributed by atoms with E-state index < -0.39 is 6.04 Å². The zero-order valence-electron chi connectivity index (χ0n) is 17.1. The molecule has 4 rings (SSSR count). The topological polar surface area (TPSA) is 71.1 Å². The van der Waals surface area contributed by atoms with Gasteiger partial charge in [-0.3, -0.25) is 14.5 Å². The molecule has 156 valence electrons. The maximum Gasteiger partial charge on any atom is 0.255 e. The van der Waals surface area contributed by atoms with Crippen LogP contribution in [0.5, 0.6) is 5.75 Å². The highest BCUT2D eigenvalue weighted by atomic mass is 16.5. The first-order valence-corrected chi connectivity index (χ1v) is 10.4. The molecule has 1 unspecified atom stereocenters. The van der Waals surface area contributed by atoms with Crippen LogP contribution in [-0.4, -0.2) is 66.1 Å². The van der Waals surface area contributed by atoms with Crippen molar-refractivity contribution < 1.29 is 19.1 Å². The van der Waals surface area contributed by atoms with E-state index in [1.807, 2.05) is 18.2 Å². The second-order valence-corrected chi connectivity index (χ2v) is 7.88. The largest absolute Gasteiger partial charge is 0.486 e. The van der Waals surface area contributed by atoms with Gasteiger partial charge in [0.25, 0.3) is 5.91 Å². The summed E-state index contributed by atoms with van der Waals surface area (Å²) < 4.78 is 11.9. The van der Waals surface area contributed by atoms with E-state index in [2.05, 4.69) is 30.6 Å². The van der Waals surface area contributed by atoms with Crippen molar-refractivity contribution in [3.8, 4) is 5.75 Å². The molecule has 0 spiro atoms. The van der Waals surface area contributed by atoms with E-state index in [1.54, 1.807) is 4.90 Å². The summed E-state index contributed by atoms with van der Waals surface area (Å²) >= 11 is 0. The van der Waals surface area contributed by atoms with Crippen LogP contribution in [0.1, 0.15) is 42.6 Å². The molecule has 0 bridgehead atoms. The summed E-state index contributed by atoms with van der Waals surface area (Å²) in [5, 5.41) is 2.77. The zero-order chi connectivity index (χ0) is 20.5. The van der Waals surface area contributed by atoms with Gasteiger partial charge in [-0.15, -0.1) is 0 Å². The number of nitrogens with one attached hydrogen (secondary N) is 1. The number of carbonyl (C=O) groups is 2. The minimum atomic E-state index is -0.444. The molecule has 29 heavy (non-hydrogen) atoms. The number of piperidine rings is 1. The predicted molar refractivity (Wildman–Crippen MR) is 109 cm³/mol. The van der Waals surface area contributed by atoms with Gasteiger partial charge in [-0.25, -0.2) is 0 Å². The normalized spacial score (nSPS) is 26.8. The van der Waals surface area contributed by atoms with Gasteiger partial charge >= 0.3 is 0 Å². The van der Waals surface area contributed by atoms with Gasteiger partial charge in [-0.2, -0.15) is 0 Å². The molecule has 0 saturated carbocycles. The number of carbonyl (C=O) groups excluding carboxylic acids is 2. The van der Waals surface area contributed by atoms with E-state index in [4.69, 9.17) is 9.47 Å². The number of benzene rings is 1. The molecule has 1 aromatic carbocycles. The molecule has 7 heteroatoms. The lowest BCUT2D eigenvalue weighted by molar-refractivity contribution is -0.126. The van der Waals surface area contributed by atoms with Crippen LogP contribution in [0.3, 0.4) is 0 Å². The highest BCUT2D eigenvalue weighted by molar-refractivity contribution is 6.01. The van der Waals surface area contributed by atoms with Crippen LogP contribution in [0.2, 0.25) is 0 Å². The first-order chi connectivity index (χ1) is 14.0. The Labute approximate surface area is 171 Å². The van der Waals surface area contributed by atoms with Gasteiger partial charge in [0.15, 0.2) is 0 Å². The number of ether oxygens (including phenoxy) is 2. The molecule has 2 saturated heterocycles. The Morgan fingerprint density at radius 3 is 2.79 bits per heavy atom. The standard InChI is InChI=1S/C22H29N3O4/c1-4-24(5-2)19-12-28-13-20(19)29-16-7-8-17-15(10-16)11-25(22(17)27)18-9-6-14(3)23-21(18)26/h7-8,10,18-20H,3-6,9,11-13H2,1-2H3,(H,23,26)/t18?,19-,20+/m1/s1. The summed E-state index contributed by atoms with van der Waals surface area (Å²) in [5.74, 6) is 0.501. The quantitative estimate of drug-likeness (QED) is 0.791. The van der Waals surface area contributed by atoms with E-state index in [1.165, 1.54) is 0 Å². The van der Waals surface area contributed by atoms with E-state index in [0.29, 0.717) is 43.9 Å². The predicted octanol–water partition coefficient (Wildman–Crippen LogP) is 1.92. The molecule has 3 atom stereocenters. The molecule has 1 N–H and O–H groups in total. The Bertz CT molecular complexity index is 820. The van der Waals surface area contributed by atoms with E-state index >= 15 is 0 Å². The monoisotopic (exact) mass is 399 g/mol. The van der Waals surface area contributed by atoms with Gasteiger partial charge in [0.2, 0.25) is 5.91 Å². The minimum Gasteiger partial charge on any atom is -0.486 e. The molecule has 7 nitrogen and oxygen atoms in total. The molecule has 0 aromatic heterocycles. The number of hydrogen-bond acceptors (Lipinski definition) is 5. The van der Waals surface area contributed by atoms with Gasteiger partial charge in [0, 0.05) is 17.8 Å². The van der Waals surface area contributed by atoms with Crippen molar-refractivity contribution in [3.63, 3.8) is 0 Å². The molecule has 0 aliphatic carbocycles. The van der Waals surface area contributed by atoms with Crippen molar-refractivity contribution >= 4 is 11.8 Å². The Hall–Kier alpha value is -2.38. The SMILES string of the molecule is C=C1CCC(N2Cc3cc(O[C@H]4COC[C@H]4N(CC)CC)ccc3C2=O)C(=O)N1. The van der Waals surface area contributed by atoms with Crippen LogP contribution in [0, 0.1) is 0 Å². The highest BCUT2D eigenvalue weighted by Gasteiger charge is 2.39. The fraction of sp³-hybridized carbons (Fsp3) is 0.545. The van der Waals surface area contributed by atoms with Crippen molar-refractivity contribution in [2.75, 3.05) is 26.3 Å². The van der Waals surface area contributed by atoms with Gasteiger partial charge < -0.3 is 19.7 Å². The third-order valence-corrected chi connectivity index (χ3v) is 6.18. The van der Waals surface area contributed by atoms with Crippen molar-refractivity contribution in [1.29, 1.82) is 0 Å². The molecule has 2 fully saturated rings. The van der Waals surface area contributed by atoms with E-state index in [9.17, 15) is 9.59 Å².